The lowest BCUT2D eigenvalue weighted by molar-refractivity contribution is 0.103. The Morgan fingerprint density at radius 3 is 2.42 bits per heavy atom. The smallest absolute Gasteiger partial charge is 0.264 e. The number of H-pyrrole nitrogens is 1. The summed E-state index contributed by atoms with van der Waals surface area (Å²) in [7, 11) is 0. The maximum Gasteiger partial charge on any atom is 0.264 e. The molecule has 0 amide bonds. The highest BCUT2D eigenvalue weighted by Crippen LogP contribution is 2.32. The molecule has 7 heteroatoms. The van der Waals surface area contributed by atoms with Gasteiger partial charge in [0, 0.05) is 22.2 Å². The van der Waals surface area contributed by atoms with Gasteiger partial charge in [0.15, 0.2) is 5.78 Å². The number of rotatable bonds is 4. The van der Waals surface area contributed by atoms with E-state index in [0.717, 1.165) is 0 Å². The number of carbonyl (C=O) groups excluding carboxylic acids is 1. The standard InChI is InChI=1S/C19H11Cl2N3O2/c20-12-6-4-11(5-7-12)19(26)14-3-1-2-13(18(14)21)15(10-22)16-8-9-17(25)24-23-16/h1-9,15H,(H,24,25). The third-order valence-electron chi connectivity index (χ3n) is 3.82. The first-order valence-electron chi connectivity index (χ1n) is 7.55. The summed E-state index contributed by atoms with van der Waals surface area (Å²) in [5.41, 5.74) is 1.11. The first-order valence-corrected chi connectivity index (χ1v) is 8.31. The topological polar surface area (TPSA) is 86.6 Å². The molecule has 3 aromatic rings. The molecule has 2 aromatic carbocycles. The van der Waals surface area contributed by atoms with Gasteiger partial charge in [0.1, 0.15) is 5.92 Å². The Balaban J connectivity index is 2.05. The second kappa shape index (κ2) is 7.52. The number of hydrogen-bond donors (Lipinski definition) is 1. The molecule has 1 N–H and O–H groups in total. The molecule has 0 fully saturated rings. The third-order valence-corrected chi connectivity index (χ3v) is 4.49. The second-order valence-corrected chi connectivity index (χ2v) is 6.27. The zero-order chi connectivity index (χ0) is 18.7. The van der Waals surface area contributed by atoms with E-state index in [1.807, 2.05) is 0 Å². The minimum atomic E-state index is -0.822. The molecule has 26 heavy (non-hydrogen) atoms. The summed E-state index contributed by atoms with van der Waals surface area (Å²) < 4.78 is 0. The highest BCUT2D eigenvalue weighted by Gasteiger charge is 2.22. The quantitative estimate of drug-likeness (QED) is 0.690. The van der Waals surface area contributed by atoms with E-state index in [1.165, 1.54) is 12.1 Å². The van der Waals surface area contributed by atoms with Gasteiger partial charge in [0.25, 0.3) is 5.56 Å². The van der Waals surface area contributed by atoms with Crippen LogP contribution in [0.4, 0.5) is 0 Å². The van der Waals surface area contributed by atoms with Gasteiger partial charge < -0.3 is 0 Å². The van der Waals surface area contributed by atoms with Crippen molar-refractivity contribution in [3.8, 4) is 6.07 Å². The molecule has 128 valence electrons. The highest BCUT2D eigenvalue weighted by molar-refractivity contribution is 6.36. The number of aromatic amines is 1. The van der Waals surface area contributed by atoms with Crippen LogP contribution in [0.2, 0.25) is 10.0 Å². The third kappa shape index (κ3) is 3.52. The van der Waals surface area contributed by atoms with E-state index >= 15 is 0 Å². The molecule has 1 heterocycles. The molecule has 1 unspecified atom stereocenters. The molecule has 0 saturated heterocycles. The van der Waals surface area contributed by atoms with Crippen LogP contribution in [0.5, 0.6) is 0 Å². The minimum absolute atomic E-state index is 0.173. The van der Waals surface area contributed by atoms with Gasteiger partial charge in [-0.05, 0) is 42.0 Å². The van der Waals surface area contributed by atoms with E-state index in [-0.39, 0.29) is 21.9 Å². The number of hydrogen-bond acceptors (Lipinski definition) is 4. The fourth-order valence-corrected chi connectivity index (χ4v) is 2.96. The van der Waals surface area contributed by atoms with Crippen molar-refractivity contribution in [2.24, 2.45) is 0 Å². The van der Waals surface area contributed by atoms with Crippen LogP contribution in [0.25, 0.3) is 0 Å². The molecule has 0 aliphatic rings. The van der Waals surface area contributed by atoms with Crippen LogP contribution < -0.4 is 5.56 Å². The Labute approximate surface area is 158 Å². The summed E-state index contributed by atoms with van der Waals surface area (Å²) in [5, 5.41) is 16.4. The average molecular weight is 384 g/mol. The normalized spacial score (nSPS) is 11.6. The predicted octanol–water partition coefficient (Wildman–Crippen LogP) is 3.96. The van der Waals surface area contributed by atoms with Crippen molar-refractivity contribution in [3.05, 3.63) is 97.4 Å². The van der Waals surface area contributed by atoms with E-state index in [0.29, 0.717) is 21.8 Å². The predicted molar refractivity (Wildman–Crippen MR) is 98.7 cm³/mol. The van der Waals surface area contributed by atoms with Crippen molar-refractivity contribution in [1.82, 2.24) is 10.2 Å². The van der Waals surface area contributed by atoms with Crippen molar-refractivity contribution in [2.75, 3.05) is 0 Å². The van der Waals surface area contributed by atoms with Gasteiger partial charge in [-0.2, -0.15) is 10.4 Å². The van der Waals surface area contributed by atoms with Gasteiger partial charge >= 0.3 is 0 Å². The van der Waals surface area contributed by atoms with E-state index in [9.17, 15) is 14.9 Å². The van der Waals surface area contributed by atoms with E-state index in [4.69, 9.17) is 23.2 Å². The van der Waals surface area contributed by atoms with Gasteiger partial charge in [-0.25, -0.2) is 5.10 Å². The zero-order valence-corrected chi connectivity index (χ0v) is 14.8. The van der Waals surface area contributed by atoms with Crippen LogP contribution >= 0.6 is 23.2 Å². The number of benzene rings is 2. The molecular weight excluding hydrogens is 373 g/mol. The molecule has 0 aliphatic carbocycles. The summed E-state index contributed by atoms with van der Waals surface area (Å²) in [5.74, 6) is -1.10. The lowest BCUT2D eigenvalue weighted by Gasteiger charge is -2.13. The SMILES string of the molecule is N#CC(c1ccc(=O)[nH]n1)c1cccc(C(=O)c2ccc(Cl)cc2)c1Cl. The van der Waals surface area contributed by atoms with Crippen molar-refractivity contribution < 1.29 is 4.79 Å². The van der Waals surface area contributed by atoms with E-state index in [2.05, 4.69) is 16.3 Å². The highest BCUT2D eigenvalue weighted by atomic mass is 35.5. The van der Waals surface area contributed by atoms with Gasteiger partial charge in [-0.1, -0.05) is 35.3 Å². The Hall–Kier alpha value is -2.94. The molecule has 1 atom stereocenters. The van der Waals surface area contributed by atoms with Crippen LogP contribution in [-0.4, -0.2) is 16.0 Å². The number of halogens is 2. The molecule has 1 aromatic heterocycles. The Kier molecular flexibility index (Phi) is 5.17. The van der Waals surface area contributed by atoms with Crippen LogP contribution in [0.3, 0.4) is 0 Å². The average Bonchev–Trinajstić information content (AvgIpc) is 2.65. The summed E-state index contributed by atoms with van der Waals surface area (Å²) in [6.07, 6.45) is 0. The van der Waals surface area contributed by atoms with Crippen molar-refractivity contribution in [3.63, 3.8) is 0 Å². The van der Waals surface area contributed by atoms with E-state index < -0.39 is 5.92 Å². The summed E-state index contributed by atoms with van der Waals surface area (Å²) in [6.45, 7) is 0. The van der Waals surface area contributed by atoms with Gasteiger partial charge in [0.2, 0.25) is 0 Å². The maximum absolute atomic E-state index is 12.7. The molecular formula is C19H11Cl2N3O2. The number of nitrogens with one attached hydrogen (secondary N) is 1. The lowest BCUT2D eigenvalue weighted by atomic mass is 9.93. The van der Waals surface area contributed by atoms with Crippen LogP contribution in [0, 0.1) is 11.3 Å². The molecule has 0 bridgehead atoms. The van der Waals surface area contributed by atoms with Crippen LogP contribution in [0.1, 0.15) is 33.1 Å². The van der Waals surface area contributed by atoms with Gasteiger partial charge in [-0.15, -0.1) is 0 Å². The van der Waals surface area contributed by atoms with Crippen molar-refractivity contribution in [1.29, 1.82) is 5.26 Å². The summed E-state index contributed by atoms with van der Waals surface area (Å²) in [6, 6.07) is 16.2. The number of nitrogens with zero attached hydrogens (tertiary/aromatic N) is 2. The molecule has 0 saturated carbocycles. The maximum atomic E-state index is 12.7. The molecule has 5 nitrogen and oxygen atoms in total. The zero-order valence-electron chi connectivity index (χ0n) is 13.2. The van der Waals surface area contributed by atoms with Gasteiger partial charge in [-0.3, -0.25) is 9.59 Å². The summed E-state index contributed by atoms with van der Waals surface area (Å²) >= 11 is 12.3. The number of ketones is 1. The fourth-order valence-electron chi connectivity index (χ4n) is 2.52. The van der Waals surface area contributed by atoms with Gasteiger partial charge in [0.05, 0.1) is 16.8 Å². The minimum Gasteiger partial charge on any atom is -0.289 e. The fraction of sp³-hybridized carbons (Fsp3) is 0.0526. The van der Waals surface area contributed by atoms with Crippen LogP contribution in [-0.2, 0) is 0 Å². The summed E-state index contributed by atoms with van der Waals surface area (Å²) in [4.78, 5) is 23.9. The lowest BCUT2D eigenvalue weighted by Crippen LogP contribution is -2.12. The van der Waals surface area contributed by atoms with E-state index in [1.54, 1.807) is 42.5 Å². The van der Waals surface area contributed by atoms with Crippen molar-refractivity contribution >= 4 is 29.0 Å². The Morgan fingerprint density at radius 2 is 1.81 bits per heavy atom. The Morgan fingerprint density at radius 1 is 1.08 bits per heavy atom. The number of aromatic nitrogens is 2. The Bertz CT molecular complexity index is 1050. The number of nitriles is 1. The molecule has 0 spiro atoms. The molecule has 0 aliphatic heterocycles. The molecule has 3 rings (SSSR count). The number of carbonyl (C=O) groups is 1. The van der Waals surface area contributed by atoms with Crippen LogP contribution in [0.15, 0.2) is 59.4 Å². The first-order chi connectivity index (χ1) is 12.5. The monoisotopic (exact) mass is 383 g/mol. The van der Waals surface area contributed by atoms with Crippen molar-refractivity contribution in [2.45, 2.75) is 5.92 Å². The second-order valence-electron chi connectivity index (χ2n) is 5.45. The largest absolute Gasteiger partial charge is 0.289 e. The molecule has 0 radical (unpaired) electrons. The first kappa shape index (κ1) is 17.9.